The molecule has 2 fully saturated rings. The lowest BCUT2D eigenvalue weighted by Gasteiger charge is -2.38. The second-order valence-electron chi connectivity index (χ2n) is 5.80. The van der Waals surface area contributed by atoms with Crippen molar-refractivity contribution >= 4 is 0 Å². The molecule has 1 heterocycles. The number of halogens is 6. The Labute approximate surface area is 113 Å². The van der Waals surface area contributed by atoms with Crippen LogP contribution in [0.3, 0.4) is 0 Å². The lowest BCUT2D eigenvalue weighted by atomic mass is 9.91. The van der Waals surface area contributed by atoms with Crippen LogP contribution in [0.25, 0.3) is 0 Å². The van der Waals surface area contributed by atoms with Crippen LogP contribution in [-0.2, 0) is 0 Å². The minimum Gasteiger partial charge on any atom is -0.305 e. The fraction of sp³-hybridized carbons (Fsp3) is 1.00. The summed E-state index contributed by atoms with van der Waals surface area (Å²) in [6.45, 7) is -0.390. The van der Waals surface area contributed by atoms with Crippen LogP contribution < -0.4 is 5.32 Å². The van der Waals surface area contributed by atoms with Crippen molar-refractivity contribution in [3.05, 3.63) is 0 Å². The number of hydrogen-bond acceptors (Lipinski definition) is 2. The van der Waals surface area contributed by atoms with Crippen molar-refractivity contribution in [1.29, 1.82) is 0 Å². The van der Waals surface area contributed by atoms with Crippen LogP contribution >= 0.6 is 0 Å². The van der Waals surface area contributed by atoms with Gasteiger partial charge in [-0.1, -0.05) is 0 Å². The monoisotopic (exact) mass is 304 g/mol. The average molecular weight is 304 g/mol. The summed E-state index contributed by atoms with van der Waals surface area (Å²) in [5.41, 5.74) is 0. The number of alkyl halides is 6. The minimum absolute atomic E-state index is 0.152. The molecule has 0 bridgehead atoms. The van der Waals surface area contributed by atoms with E-state index in [9.17, 15) is 26.3 Å². The Kier molecular flexibility index (Phi) is 4.53. The number of nitrogens with one attached hydrogen (secondary N) is 1. The van der Waals surface area contributed by atoms with Crippen LogP contribution in [-0.4, -0.2) is 49.0 Å². The molecule has 1 aliphatic heterocycles. The van der Waals surface area contributed by atoms with Crippen LogP contribution in [0.2, 0.25) is 0 Å². The van der Waals surface area contributed by atoms with E-state index in [1.54, 1.807) is 0 Å². The standard InChI is InChI=1S/C12H18F6N2/c13-11(14,15)4-8-3-9(19-7-12(16,17)18)6-20(5-8)10-1-2-10/h8-10,19H,1-7H2. The molecule has 20 heavy (non-hydrogen) atoms. The highest BCUT2D eigenvalue weighted by Gasteiger charge is 2.41. The van der Waals surface area contributed by atoms with E-state index in [2.05, 4.69) is 5.32 Å². The zero-order valence-electron chi connectivity index (χ0n) is 10.9. The van der Waals surface area contributed by atoms with Gasteiger partial charge in [-0.3, -0.25) is 4.90 Å². The third kappa shape index (κ3) is 5.47. The molecular weight excluding hydrogens is 286 g/mol. The summed E-state index contributed by atoms with van der Waals surface area (Å²) >= 11 is 0. The predicted octanol–water partition coefficient (Wildman–Crippen LogP) is 2.94. The van der Waals surface area contributed by atoms with Gasteiger partial charge in [0.25, 0.3) is 0 Å². The summed E-state index contributed by atoms with van der Waals surface area (Å²) in [7, 11) is 0. The Morgan fingerprint density at radius 1 is 0.950 bits per heavy atom. The van der Waals surface area contributed by atoms with Crippen molar-refractivity contribution in [1.82, 2.24) is 10.2 Å². The van der Waals surface area contributed by atoms with Gasteiger partial charge in [-0.2, -0.15) is 26.3 Å². The van der Waals surface area contributed by atoms with Crippen LogP contribution in [0.5, 0.6) is 0 Å². The smallest absolute Gasteiger partial charge is 0.305 e. The number of piperidine rings is 1. The molecule has 2 unspecified atom stereocenters. The van der Waals surface area contributed by atoms with E-state index in [1.807, 2.05) is 4.90 Å². The summed E-state index contributed by atoms with van der Waals surface area (Å²) in [6.07, 6.45) is -7.48. The van der Waals surface area contributed by atoms with Crippen LogP contribution in [0.15, 0.2) is 0 Å². The first-order chi connectivity index (χ1) is 9.12. The van der Waals surface area contributed by atoms with E-state index >= 15 is 0 Å². The number of hydrogen-bond donors (Lipinski definition) is 1. The van der Waals surface area contributed by atoms with E-state index in [-0.39, 0.29) is 12.5 Å². The van der Waals surface area contributed by atoms with Crippen LogP contribution in [0.4, 0.5) is 26.3 Å². The van der Waals surface area contributed by atoms with E-state index in [0.717, 1.165) is 12.8 Å². The maximum absolute atomic E-state index is 12.5. The fourth-order valence-electron chi connectivity index (χ4n) is 2.86. The molecule has 118 valence electrons. The van der Waals surface area contributed by atoms with Crippen molar-refractivity contribution in [2.75, 3.05) is 19.6 Å². The topological polar surface area (TPSA) is 15.3 Å². The molecule has 0 aromatic rings. The highest BCUT2D eigenvalue weighted by atomic mass is 19.4. The molecule has 0 aromatic carbocycles. The van der Waals surface area contributed by atoms with Gasteiger partial charge in [0, 0.05) is 31.6 Å². The maximum atomic E-state index is 12.5. The second-order valence-corrected chi connectivity index (χ2v) is 5.80. The van der Waals surface area contributed by atoms with Gasteiger partial charge in [-0.25, -0.2) is 0 Å². The van der Waals surface area contributed by atoms with Gasteiger partial charge in [-0.15, -0.1) is 0 Å². The highest BCUT2D eigenvalue weighted by molar-refractivity contribution is 4.93. The molecule has 1 aliphatic carbocycles. The zero-order valence-corrected chi connectivity index (χ0v) is 10.9. The molecule has 1 saturated carbocycles. The van der Waals surface area contributed by atoms with Crippen molar-refractivity contribution in [3.8, 4) is 0 Å². The Bertz CT molecular complexity index is 323. The van der Waals surface area contributed by atoms with Gasteiger partial charge in [-0.05, 0) is 25.2 Å². The zero-order chi connectivity index (χ0) is 15.0. The predicted molar refractivity (Wildman–Crippen MR) is 61.2 cm³/mol. The van der Waals surface area contributed by atoms with Crippen molar-refractivity contribution in [2.24, 2.45) is 5.92 Å². The normalized spacial score (nSPS) is 29.7. The Morgan fingerprint density at radius 2 is 1.60 bits per heavy atom. The number of likely N-dealkylation sites (tertiary alicyclic amines) is 1. The van der Waals surface area contributed by atoms with E-state index in [1.165, 1.54) is 0 Å². The van der Waals surface area contributed by atoms with Crippen molar-refractivity contribution in [3.63, 3.8) is 0 Å². The molecule has 8 heteroatoms. The lowest BCUT2D eigenvalue weighted by molar-refractivity contribution is -0.150. The van der Waals surface area contributed by atoms with Crippen molar-refractivity contribution in [2.45, 2.75) is 50.1 Å². The fourth-order valence-corrected chi connectivity index (χ4v) is 2.86. The van der Waals surface area contributed by atoms with Gasteiger partial charge >= 0.3 is 12.4 Å². The first kappa shape index (κ1) is 15.9. The molecule has 2 atom stereocenters. The largest absolute Gasteiger partial charge is 0.401 e. The summed E-state index contributed by atoms with van der Waals surface area (Å²) < 4.78 is 74.0. The SMILES string of the molecule is FC(F)(F)CNC1CC(CC(F)(F)F)CN(C2CC2)C1. The molecule has 0 radical (unpaired) electrons. The molecule has 2 nitrogen and oxygen atoms in total. The van der Waals surface area contributed by atoms with Gasteiger partial charge < -0.3 is 5.32 Å². The Morgan fingerprint density at radius 3 is 2.10 bits per heavy atom. The molecule has 0 aromatic heterocycles. The molecule has 0 amide bonds. The summed E-state index contributed by atoms with van der Waals surface area (Å²) in [5, 5.41) is 2.36. The second kappa shape index (κ2) is 5.71. The summed E-state index contributed by atoms with van der Waals surface area (Å²) in [4.78, 5) is 1.91. The molecule has 1 N–H and O–H groups in total. The van der Waals surface area contributed by atoms with Gasteiger partial charge in [0.15, 0.2) is 0 Å². The minimum atomic E-state index is -4.33. The summed E-state index contributed by atoms with van der Waals surface area (Å²) in [6, 6.07) is -0.250. The van der Waals surface area contributed by atoms with Gasteiger partial charge in [0.2, 0.25) is 0 Å². The molecule has 1 saturated heterocycles. The Hall–Kier alpha value is -0.500. The average Bonchev–Trinajstić information content (AvgIpc) is 3.06. The third-order valence-electron chi connectivity index (χ3n) is 3.74. The molecule has 2 aliphatic rings. The maximum Gasteiger partial charge on any atom is 0.401 e. The van der Waals surface area contributed by atoms with Crippen LogP contribution in [0, 0.1) is 5.92 Å². The third-order valence-corrected chi connectivity index (χ3v) is 3.74. The van der Waals surface area contributed by atoms with Crippen molar-refractivity contribution < 1.29 is 26.3 Å². The molecule has 2 rings (SSSR count). The first-order valence-corrected chi connectivity index (χ1v) is 6.73. The van der Waals surface area contributed by atoms with Gasteiger partial charge in [0.05, 0.1) is 6.54 Å². The molecule has 0 spiro atoms. The Balaban J connectivity index is 1.90. The lowest BCUT2D eigenvalue weighted by Crippen LogP contribution is -2.52. The molecular formula is C12H18F6N2. The summed E-state index contributed by atoms with van der Waals surface area (Å²) in [5.74, 6) is -0.616. The van der Waals surface area contributed by atoms with E-state index in [0.29, 0.717) is 13.1 Å². The quantitative estimate of drug-likeness (QED) is 0.803. The van der Waals surface area contributed by atoms with Crippen LogP contribution in [0.1, 0.15) is 25.7 Å². The highest BCUT2D eigenvalue weighted by Crippen LogP contribution is 2.35. The van der Waals surface area contributed by atoms with Gasteiger partial charge in [0.1, 0.15) is 0 Å². The van der Waals surface area contributed by atoms with E-state index < -0.39 is 37.3 Å². The number of rotatable bonds is 4. The van der Waals surface area contributed by atoms with E-state index in [4.69, 9.17) is 0 Å². The number of nitrogens with zero attached hydrogens (tertiary/aromatic N) is 1. The first-order valence-electron chi connectivity index (χ1n) is 6.73.